The summed E-state index contributed by atoms with van der Waals surface area (Å²) in [5, 5.41) is 2.64. The first-order chi connectivity index (χ1) is 15.6. The van der Waals surface area contributed by atoms with Crippen LogP contribution in [0.25, 0.3) is 11.3 Å². The SMILES string of the molecule is COc1ccc(-c2cc(C(F)(F)F)nc(SCC(=O)Nc3c(C)cccc3C)n2)cc1OC. The summed E-state index contributed by atoms with van der Waals surface area (Å²) in [6.45, 7) is 3.72. The van der Waals surface area contributed by atoms with Gasteiger partial charge in [-0.25, -0.2) is 9.97 Å². The van der Waals surface area contributed by atoms with Crippen LogP contribution in [0.1, 0.15) is 16.8 Å². The van der Waals surface area contributed by atoms with E-state index in [9.17, 15) is 18.0 Å². The number of ether oxygens (including phenoxy) is 2. The van der Waals surface area contributed by atoms with E-state index in [0.29, 0.717) is 22.7 Å². The van der Waals surface area contributed by atoms with E-state index in [1.165, 1.54) is 20.3 Å². The maximum absolute atomic E-state index is 13.5. The molecule has 0 radical (unpaired) electrons. The Kier molecular flexibility index (Phi) is 7.47. The van der Waals surface area contributed by atoms with Crippen LogP contribution in [0.4, 0.5) is 18.9 Å². The minimum Gasteiger partial charge on any atom is -0.493 e. The molecular formula is C23H22F3N3O3S. The monoisotopic (exact) mass is 477 g/mol. The maximum Gasteiger partial charge on any atom is 0.433 e. The number of halogens is 3. The van der Waals surface area contributed by atoms with Crippen molar-refractivity contribution < 1.29 is 27.4 Å². The topological polar surface area (TPSA) is 73.3 Å². The van der Waals surface area contributed by atoms with Crippen LogP contribution in [0.5, 0.6) is 11.5 Å². The zero-order chi connectivity index (χ0) is 24.2. The van der Waals surface area contributed by atoms with Crippen LogP contribution in [0.15, 0.2) is 47.6 Å². The van der Waals surface area contributed by atoms with E-state index in [-0.39, 0.29) is 22.5 Å². The molecule has 0 aliphatic heterocycles. The second-order valence-electron chi connectivity index (χ2n) is 7.09. The number of aryl methyl sites for hydroxylation is 2. The van der Waals surface area contributed by atoms with Gasteiger partial charge in [-0.05, 0) is 49.2 Å². The molecule has 0 unspecified atom stereocenters. The number of rotatable bonds is 7. The number of carbonyl (C=O) groups excluding carboxylic acids is 1. The number of anilines is 1. The van der Waals surface area contributed by atoms with Gasteiger partial charge in [0.15, 0.2) is 16.7 Å². The fourth-order valence-corrected chi connectivity index (χ4v) is 3.75. The molecule has 3 aromatic rings. The molecule has 174 valence electrons. The van der Waals surface area contributed by atoms with Crippen molar-refractivity contribution in [2.75, 3.05) is 25.3 Å². The molecule has 0 atom stereocenters. The fraction of sp³-hybridized carbons (Fsp3) is 0.261. The first-order valence-corrected chi connectivity index (χ1v) is 10.8. The lowest BCUT2D eigenvalue weighted by Gasteiger charge is -2.13. The van der Waals surface area contributed by atoms with Crippen molar-refractivity contribution >= 4 is 23.4 Å². The molecule has 0 fully saturated rings. The minimum absolute atomic E-state index is 0.0518. The molecule has 0 aliphatic rings. The molecule has 33 heavy (non-hydrogen) atoms. The molecule has 3 rings (SSSR count). The Morgan fingerprint density at radius 2 is 1.67 bits per heavy atom. The molecule has 1 amide bonds. The first-order valence-electron chi connectivity index (χ1n) is 9.80. The highest BCUT2D eigenvalue weighted by atomic mass is 32.2. The lowest BCUT2D eigenvalue weighted by molar-refractivity contribution is -0.141. The Bertz CT molecular complexity index is 1150. The molecule has 10 heteroatoms. The molecule has 0 bridgehead atoms. The van der Waals surface area contributed by atoms with Crippen LogP contribution in [0, 0.1) is 13.8 Å². The van der Waals surface area contributed by atoms with Crippen LogP contribution >= 0.6 is 11.8 Å². The van der Waals surface area contributed by atoms with Gasteiger partial charge in [0.1, 0.15) is 5.69 Å². The Balaban J connectivity index is 1.87. The maximum atomic E-state index is 13.5. The van der Waals surface area contributed by atoms with Gasteiger partial charge in [0, 0.05) is 11.3 Å². The van der Waals surface area contributed by atoms with Gasteiger partial charge in [-0.2, -0.15) is 13.2 Å². The van der Waals surface area contributed by atoms with Gasteiger partial charge in [0.2, 0.25) is 5.91 Å². The second kappa shape index (κ2) is 10.1. The first kappa shape index (κ1) is 24.4. The number of nitrogens with zero attached hydrogens (tertiary/aromatic N) is 2. The van der Waals surface area contributed by atoms with Crippen molar-refractivity contribution in [3.8, 4) is 22.8 Å². The van der Waals surface area contributed by atoms with Crippen molar-refractivity contribution in [3.63, 3.8) is 0 Å². The number of methoxy groups -OCH3 is 2. The van der Waals surface area contributed by atoms with Crippen molar-refractivity contribution in [2.45, 2.75) is 25.2 Å². The third kappa shape index (κ3) is 5.95. The predicted octanol–water partition coefficient (Wildman–Crippen LogP) is 5.53. The van der Waals surface area contributed by atoms with E-state index < -0.39 is 11.9 Å². The quantitative estimate of drug-likeness (QED) is 0.357. The predicted molar refractivity (Wildman–Crippen MR) is 121 cm³/mol. The molecule has 1 aromatic heterocycles. The van der Waals surface area contributed by atoms with Gasteiger partial charge in [0.25, 0.3) is 0 Å². The van der Waals surface area contributed by atoms with Gasteiger partial charge < -0.3 is 14.8 Å². The number of amides is 1. The zero-order valence-electron chi connectivity index (χ0n) is 18.4. The number of alkyl halides is 3. The summed E-state index contributed by atoms with van der Waals surface area (Å²) in [4.78, 5) is 20.3. The van der Waals surface area contributed by atoms with Gasteiger partial charge in [-0.15, -0.1) is 0 Å². The summed E-state index contributed by atoms with van der Waals surface area (Å²) < 4.78 is 50.8. The summed E-state index contributed by atoms with van der Waals surface area (Å²) in [6, 6.07) is 11.1. The van der Waals surface area contributed by atoms with Crippen molar-refractivity contribution in [1.29, 1.82) is 0 Å². The third-order valence-electron chi connectivity index (χ3n) is 4.75. The molecular weight excluding hydrogens is 455 g/mol. The summed E-state index contributed by atoms with van der Waals surface area (Å²) in [5.74, 6) is 0.264. The molecule has 2 aromatic carbocycles. The van der Waals surface area contributed by atoms with E-state index in [0.717, 1.165) is 29.0 Å². The number of carbonyl (C=O) groups is 1. The molecule has 1 N–H and O–H groups in total. The third-order valence-corrected chi connectivity index (χ3v) is 5.60. The van der Waals surface area contributed by atoms with Crippen molar-refractivity contribution in [3.05, 3.63) is 59.3 Å². The highest BCUT2D eigenvalue weighted by Gasteiger charge is 2.34. The number of hydrogen-bond acceptors (Lipinski definition) is 6. The van der Waals surface area contributed by atoms with Gasteiger partial charge in [-0.3, -0.25) is 4.79 Å². The summed E-state index contributed by atoms with van der Waals surface area (Å²) in [6.07, 6.45) is -4.68. The Morgan fingerprint density at radius 3 is 2.27 bits per heavy atom. The Hall–Kier alpha value is -3.27. The lowest BCUT2D eigenvalue weighted by Crippen LogP contribution is -2.16. The van der Waals surface area contributed by atoms with Crippen LogP contribution in [-0.2, 0) is 11.0 Å². The summed E-state index contributed by atoms with van der Waals surface area (Å²) >= 11 is 0.826. The van der Waals surface area contributed by atoms with Gasteiger partial charge in [-0.1, -0.05) is 30.0 Å². The zero-order valence-corrected chi connectivity index (χ0v) is 19.2. The van der Waals surface area contributed by atoms with Gasteiger partial charge in [0.05, 0.1) is 25.7 Å². The van der Waals surface area contributed by atoms with Crippen LogP contribution in [-0.4, -0.2) is 35.8 Å². The average molecular weight is 478 g/mol. The van der Waals surface area contributed by atoms with E-state index in [1.54, 1.807) is 12.1 Å². The van der Waals surface area contributed by atoms with Crippen LogP contribution in [0.3, 0.4) is 0 Å². The summed E-state index contributed by atoms with van der Waals surface area (Å²) in [7, 11) is 2.89. The number of benzene rings is 2. The molecule has 6 nitrogen and oxygen atoms in total. The van der Waals surface area contributed by atoms with Crippen molar-refractivity contribution in [2.24, 2.45) is 0 Å². The number of nitrogens with one attached hydrogen (secondary N) is 1. The highest BCUT2D eigenvalue weighted by Crippen LogP contribution is 2.35. The lowest BCUT2D eigenvalue weighted by atomic mass is 10.1. The molecule has 1 heterocycles. The van der Waals surface area contributed by atoms with E-state index in [2.05, 4.69) is 15.3 Å². The second-order valence-corrected chi connectivity index (χ2v) is 8.03. The average Bonchev–Trinajstić information content (AvgIpc) is 2.79. The van der Waals surface area contributed by atoms with Crippen LogP contribution in [0.2, 0.25) is 0 Å². The minimum atomic E-state index is -4.68. The van der Waals surface area contributed by atoms with E-state index in [4.69, 9.17) is 9.47 Å². The number of hydrogen-bond donors (Lipinski definition) is 1. The molecule has 0 saturated heterocycles. The largest absolute Gasteiger partial charge is 0.493 e. The Morgan fingerprint density at radius 1 is 1.00 bits per heavy atom. The summed E-state index contributed by atoms with van der Waals surface area (Å²) in [5.41, 5.74) is 1.80. The number of aromatic nitrogens is 2. The van der Waals surface area contributed by atoms with Crippen LogP contribution < -0.4 is 14.8 Å². The van der Waals surface area contributed by atoms with E-state index >= 15 is 0 Å². The van der Waals surface area contributed by atoms with Gasteiger partial charge >= 0.3 is 6.18 Å². The number of para-hydroxylation sites is 1. The van der Waals surface area contributed by atoms with Crippen molar-refractivity contribution in [1.82, 2.24) is 9.97 Å². The van der Waals surface area contributed by atoms with E-state index in [1.807, 2.05) is 32.0 Å². The highest BCUT2D eigenvalue weighted by molar-refractivity contribution is 7.99. The number of thioether (sulfide) groups is 1. The normalized spacial score (nSPS) is 11.2. The standard InChI is InChI=1S/C23H22F3N3O3S/c1-13-6-5-7-14(2)21(13)29-20(30)12-33-22-27-16(11-19(28-22)23(24,25)26)15-8-9-17(31-3)18(10-15)32-4/h5-11H,12H2,1-4H3,(H,29,30). The molecule has 0 aliphatic carbocycles. The Labute approximate surface area is 193 Å². The fourth-order valence-electron chi connectivity index (χ4n) is 3.10. The smallest absolute Gasteiger partial charge is 0.433 e. The molecule has 0 spiro atoms. The molecule has 0 saturated carbocycles.